The van der Waals surface area contributed by atoms with Crippen molar-refractivity contribution >= 4 is 11.8 Å². The van der Waals surface area contributed by atoms with E-state index < -0.39 is 11.8 Å². The Morgan fingerprint density at radius 1 is 1.29 bits per heavy atom. The van der Waals surface area contributed by atoms with Crippen LogP contribution in [0.15, 0.2) is 29.8 Å². The van der Waals surface area contributed by atoms with Crippen LogP contribution in [0.4, 0.5) is 0 Å². The predicted octanol–water partition coefficient (Wildman–Crippen LogP) is 3.73. The fourth-order valence-electron chi connectivity index (χ4n) is 2.39. The number of carboxylic acids is 1. The molecule has 0 atom stereocenters. The average Bonchev–Trinajstić information content (AvgIpc) is 2.34. The first-order valence-electron chi connectivity index (χ1n) is 7.34. The van der Waals surface area contributed by atoms with Crippen LogP contribution in [-0.4, -0.2) is 16.9 Å². The zero-order chi connectivity index (χ0) is 16.0. The summed E-state index contributed by atoms with van der Waals surface area (Å²) < 4.78 is 0. The molecule has 1 aromatic carbocycles. The Kier molecular flexibility index (Phi) is 6.35. The molecule has 0 unspecified atom stereocenters. The fraction of sp³-hybridized carbons (Fsp3) is 0.444. The van der Waals surface area contributed by atoms with Crippen molar-refractivity contribution in [2.24, 2.45) is 5.92 Å². The molecular formula is C18H24O3. The summed E-state index contributed by atoms with van der Waals surface area (Å²) in [6, 6.07) is 6.44. The van der Waals surface area contributed by atoms with Crippen molar-refractivity contribution in [3.63, 3.8) is 0 Å². The zero-order valence-corrected chi connectivity index (χ0v) is 13.3. The number of allylic oxidation sites excluding steroid dienone is 1. The number of benzene rings is 1. The second kappa shape index (κ2) is 7.77. The smallest absolute Gasteiger partial charge is 0.338 e. The molecule has 21 heavy (non-hydrogen) atoms. The van der Waals surface area contributed by atoms with Crippen molar-refractivity contribution in [2.45, 2.75) is 47.0 Å². The molecule has 0 aliphatic heterocycles. The summed E-state index contributed by atoms with van der Waals surface area (Å²) in [5, 5.41) is 8.93. The molecule has 1 rings (SSSR count). The number of carbonyl (C=O) groups excluding carboxylic acids is 1. The van der Waals surface area contributed by atoms with E-state index in [4.69, 9.17) is 5.11 Å². The molecule has 0 spiro atoms. The third-order valence-electron chi connectivity index (χ3n) is 3.42. The third-order valence-corrected chi connectivity index (χ3v) is 3.42. The number of carbonyl (C=O) groups is 2. The summed E-state index contributed by atoms with van der Waals surface area (Å²) in [6.07, 6.45) is 3.89. The Balaban J connectivity index is 2.74. The van der Waals surface area contributed by atoms with Gasteiger partial charge in [0.25, 0.3) is 0 Å². The number of carboxylic acid groups (broad SMARTS) is 1. The highest BCUT2D eigenvalue weighted by molar-refractivity contribution is 6.15. The standard InChI is InChI=1S/C18H24O3/c1-12(2)10-15-8-9-16(13(3)11-15)6-5-7-17(14(4)19)18(20)21/h7-9,11-12H,5-6,10H2,1-4H3,(H,20,21). The van der Waals surface area contributed by atoms with Gasteiger partial charge in [-0.2, -0.15) is 0 Å². The van der Waals surface area contributed by atoms with Crippen LogP contribution in [0.25, 0.3) is 0 Å². The minimum absolute atomic E-state index is 0.121. The van der Waals surface area contributed by atoms with Crippen molar-refractivity contribution in [1.29, 1.82) is 0 Å². The lowest BCUT2D eigenvalue weighted by Gasteiger charge is -2.09. The Morgan fingerprint density at radius 3 is 2.43 bits per heavy atom. The maximum absolute atomic E-state index is 11.2. The molecule has 1 aromatic rings. The van der Waals surface area contributed by atoms with Gasteiger partial charge >= 0.3 is 5.97 Å². The van der Waals surface area contributed by atoms with Crippen LogP contribution in [0.2, 0.25) is 0 Å². The summed E-state index contributed by atoms with van der Waals surface area (Å²) in [7, 11) is 0. The minimum atomic E-state index is -1.15. The quantitative estimate of drug-likeness (QED) is 0.472. The monoisotopic (exact) mass is 288 g/mol. The van der Waals surface area contributed by atoms with E-state index in [1.807, 2.05) is 0 Å². The van der Waals surface area contributed by atoms with E-state index in [-0.39, 0.29) is 5.57 Å². The lowest BCUT2D eigenvalue weighted by molar-refractivity contribution is -0.134. The average molecular weight is 288 g/mol. The van der Waals surface area contributed by atoms with Crippen molar-refractivity contribution in [3.8, 4) is 0 Å². The Hall–Kier alpha value is -1.90. The highest BCUT2D eigenvalue weighted by atomic mass is 16.4. The van der Waals surface area contributed by atoms with E-state index in [0.29, 0.717) is 12.3 Å². The maximum atomic E-state index is 11.2. The summed E-state index contributed by atoms with van der Waals surface area (Å²) in [6.45, 7) is 7.75. The molecule has 114 valence electrons. The van der Waals surface area contributed by atoms with Gasteiger partial charge in [0.1, 0.15) is 0 Å². The molecule has 0 radical (unpaired) electrons. The molecule has 1 N–H and O–H groups in total. The lowest BCUT2D eigenvalue weighted by atomic mass is 9.96. The predicted molar refractivity (Wildman–Crippen MR) is 84.4 cm³/mol. The molecule has 0 aliphatic rings. The number of rotatable bonds is 7. The van der Waals surface area contributed by atoms with Gasteiger partial charge in [-0.05, 0) is 55.7 Å². The van der Waals surface area contributed by atoms with Crippen LogP contribution in [0, 0.1) is 12.8 Å². The number of ketones is 1. The molecule has 3 heteroatoms. The first-order valence-corrected chi connectivity index (χ1v) is 7.34. The van der Waals surface area contributed by atoms with Gasteiger partial charge < -0.3 is 5.11 Å². The van der Waals surface area contributed by atoms with Gasteiger partial charge in [-0.25, -0.2) is 4.79 Å². The second-order valence-electron chi connectivity index (χ2n) is 5.88. The van der Waals surface area contributed by atoms with Gasteiger partial charge in [-0.1, -0.05) is 38.1 Å². The van der Waals surface area contributed by atoms with Gasteiger partial charge in [-0.15, -0.1) is 0 Å². The zero-order valence-electron chi connectivity index (χ0n) is 13.3. The maximum Gasteiger partial charge on any atom is 0.338 e. The van der Waals surface area contributed by atoms with Crippen LogP contribution in [0.1, 0.15) is 43.9 Å². The van der Waals surface area contributed by atoms with Crippen molar-refractivity contribution < 1.29 is 14.7 Å². The molecule has 3 nitrogen and oxygen atoms in total. The van der Waals surface area contributed by atoms with Crippen molar-refractivity contribution in [3.05, 3.63) is 46.5 Å². The number of hydrogen-bond acceptors (Lipinski definition) is 2. The van der Waals surface area contributed by atoms with Crippen LogP contribution < -0.4 is 0 Å². The summed E-state index contributed by atoms with van der Waals surface area (Å²) >= 11 is 0. The van der Waals surface area contributed by atoms with Crippen LogP contribution in [0.5, 0.6) is 0 Å². The number of hydrogen-bond donors (Lipinski definition) is 1. The van der Waals surface area contributed by atoms with Gasteiger partial charge in [-0.3, -0.25) is 4.79 Å². The first kappa shape index (κ1) is 17.2. The molecule has 0 bridgehead atoms. The number of Topliss-reactive ketones (excluding diaryl/α,β-unsaturated/α-hetero) is 1. The number of aryl methyl sites for hydroxylation is 2. The second-order valence-corrected chi connectivity index (χ2v) is 5.88. The van der Waals surface area contributed by atoms with E-state index in [0.717, 1.165) is 12.8 Å². The molecular weight excluding hydrogens is 264 g/mol. The fourth-order valence-corrected chi connectivity index (χ4v) is 2.39. The topological polar surface area (TPSA) is 54.4 Å². The minimum Gasteiger partial charge on any atom is -0.478 e. The first-order chi connectivity index (χ1) is 9.81. The Morgan fingerprint density at radius 2 is 1.95 bits per heavy atom. The van der Waals surface area contributed by atoms with Crippen molar-refractivity contribution in [1.82, 2.24) is 0 Å². The molecule has 0 heterocycles. The highest BCUT2D eigenvalue weighted by Gasteiger charge is 2.11. The van der Waals surface area contributed by atoms with E-state index in [1.165, 1.54) is 29.7 Å². The molecule has 0 aromatic heterocycles. The summed E-state index contributed by atoms with van der Waals surface area (Å²) in [4.78, 5) is 22.1. The van der Waals surface area contributed by atoms with Gasteiger partial charge in [0, 0.05) is 0 Å². The van der Waals surface area contributed by atoms with Gasteiger partial charge in [0.05, 0.1) is 5.57 Å². The Labute approximate surface area is 126 Å². The van der Waals surface area contributed by atoms with Gasteiger partial charge in [0.2, 0.25) is 0 Å². The van der Waals surface area contributed by atoms with Gasteiger partial charge in [0.15, 0.2) is 5.78 Å². The number of aliphatic carboxylic acids is 1. The summed E-state index contributed by atoms with van der Waals surface area (Å²) in [5.41, 5.74) is 3.63. The largest absolute Gasteiger partial charge is 0.478 e. The van der Waals surface area contributed by atoms with Crippen LogP contribution in [-0.2, 0) is 22.4 Å². The van der Waals surface area contributed by atoms with E-state index in [1.54, 1.807) is 0 Å². The molecule has 0 amide bonds. The van der Waals surface area contributed by atoms with Crippen LogP contribution >= 0.6 is 0 Å². The highest BCUT2D eigenvalue weighted by Crippen LogP contribution is 2.16. The van der Waals surface area contributed by atoms with Crippen LogP contribution in [0.3, 0.4) is 0 Å². The Bertz CT molecular complexity index is 538. The molecule has 0 aliphatic carbocycles. The SMILES string of the molecule is CC(=O)C(=CCCc1ccc(CC(C)C)cc1C)C(=O)O. The normalized spacial score (nSPS) is 11.8. The molecule has 0 fully saturated rings. The van der Waals surface area contributed by atoms with Crippen molar-refractivity contribution in [2.75, 3.05) is 0 Å². The third kappa shape index (κ3) is 5.54. The lowest BCUT2D eigenvalue weighted by Crippen LogP contribution is -2.08. The molecule has 0 saturated carbocycles. The summed E-state index contributed by atoms with van der Waals surface area (Å²) in [5.74, 6) is -0.912. The molecule has 0 saturated heterocycles. The van der Waals surface area contributed by atoms with E-state index >= 15 is 0 Å². The van der Waals surface area contributed by atoms with E-state index in [2.05, 4.69) is 39.0 Å². The van der Waals surface area contributed by atoms with E-state index in [9.17, 15) is 9.59 Å².